The minimum atomic E-state index is -0.850. The van der Waals surface area contributed by atoms with E-state index < -0.39 is 5.97 Å². The number of unbranched alkanes of at least 4 members (excludes halogenated alkanes) is 1. The Balaban J connectivity index is 2.25. The zero-order valence-electron chi connectivity index (χ0n) is 12.4. The molecule has 0 aromatic heterocycles. The van der Waals surface area contributed by atoms with Crippen molar-refractivity contribution in [2.45, 2.75) is 19.3 Å². The quantitative estimate of drug-likeness (QED) is 0.585. The van der Waals surface area contributed by atoms with Crippen molar-refractivity contribution < 1.29 is 24.2 Å². The van der Waals surface area contributed by atoms with Gasteiger partial charge in [0.05, 0.1) is 13.7 Å². The van der Waals surface area contributed by atoms with Crippen LogP contribution in [-0.2, 0) is 9.59 Å². The second-order valence-corrected chi connectivity index (χ2v) is 4.62. The Morgan fingerprint density at radius 3 is 2.64 bits per heavy atom. The zero-order valence-corrected chi connectivity index (χ0v) is 12.4. The molecule has 0 heterocycles. The number of hydrogen-bond acceptors (Lipinski definition) is 4. The number of hydrogen-bond donors (Lipinski definition) is 3. The van der Waals surface area contributed by atoms with Crippen LogP contribution in [0.25, 0.3) is 0 Å². The summed E-state index contributed by atoms with van der Waals surface area (Å²) >= 11 is 0. The van der Waals surface area contributed by atoms with Crippen molar-refractivity contribution in [3.63, 3.8) is 0 Å². The van der Waals surface area contributed by atoms with Gasteiger partial charge in [0, 0.05) is 18.5 Å². The Morgan fingerprint density at radius 1 is 1.18 bits per heavy atom. The molecule has 0 aliphatic heterocycles. The number of nitrogens with one attached hydrogen (secondary N) is 2. The van der Waals surface area contributed by atoms with Gasteiger partial charge in [0.15, 0.2) is 0 Å². The first-order valence-corrected chi connectivity index (χ1v) is 6.93. The van der Waals surface area contributed by atoms with Crippen LogP contribution in [0.5, 0.6) is 5.75 Å². The highest BCUT2D eigenvalue weighted by Crippen LogP contribution is 2.12. The second kappa shape index (κ2) is 9.38. The van der Waals surface area contributed by atoms with Gasteiger partial charge in [-0.3, -0.25) is 14.4 Å². The molecular weight excluding hydrogens is 288 g/mol. The first kappa shape index (κ1) is 17.5. The van der Waals surface area contributed by atoms with Crippen molar-refractivity contribution in [1.29, 1.82) is 0 Å². The number of methoxy groups -OCH3 is 1. The summed E-state index contributed by atoms with van der Waals surface area (Å²) in [7, 11) is 1.51. The number of carboxylic acids is 1. The third-order valence-electron chi connectivity index (χ3n) is 2.88. The van der Waals surface area contributed by atoms with Gasteiger partial charge in [-0.05, 0) is 31.0 Å². The smallest absolute Gasteiger partial charge is 0.303 e. The number of carbonyl (C=O) groups is 3. The van der Waals surface area contributed by atoms with E-state index >= 15 is 0 Å². The molecule has 2 amide bonds. The molecule has 22 heavy (non-hydrogen) atoms. The highest BCUT2D eigenvalue weighted by molar-refractivity contribution is 5.96. The molecule has 7 heteroatoms. The molecule has 3 N–H and O–H groups in total. The average molecular weight is 308 g/mol. The molecule has 0 aliphatic carbocycles. The molecule has 1 rings (SSSR count). The molecule has 0 saturated carbocycles. The molecule has 1 aromatic rings. The van der Waals surface area contributed by atoms with Crippen molar-refractivity contribution in [3.05, 3.63) is 29.8 Å². The Hall–Kier alpha value is -2.57. The van der Waals surface area contributed by atoms with Crippen LogP contribution in [0.3, 0.4) is 0 Å². The van der Waals surface area contributed by atoms with E-state index in [2.05, 4.69) is 10.6 Å². The van der Waals surface area contributed by atoms with Crippen molar-refractivity contribution in [2.24, 2.45) is 0 Å². The van der Waals surface area contributed by atoms with Crippen LogP contribution in [0.1, 0.15) is 29.6 Å². The minimum absolute atomic E-state index is 0.0858. The fourth-order valence-electron chi connectivity index (χ4n) is 1.72. The lowest BCUT2D eigenvalue weighted by molar-refractivity contribution is -0.137. The van der Waals surface area contributed by atoms with Gasteiger partial charge in [-0.25, -0.2) is 0 Å². The van der Waals surface area contributed by atoms with Crippen molar-refractivity contribution in [3.8, 4) is 5.75 Å². The zero-order chi connectivity index (χ0) is 16.4. The lowest BCUT2D eigenvalue weighted by Crippen LogP contribution is -2.37. The lowest BCUT2D eigenvalue weighted by atomic mass is 10.2. The highest BCUT2D eigenvalue weighted by atomic mass is 16.5. The fourth-order valence-corrected chi connectivity index (χ4v) is 1.72. The van der Waals surface area contributed by atoms with E-state index in [1.807, 2.05) is 0 Å². The van der Waals surface area contributed by atoms with Gasteiger partial charge >= 0.3 is 5.97 Å². The van der Waals surface area contributed by atoms with Gasteiger partial charge in [-0.1, -0.05) is 6.07 Å². The van der Waals surface area contributed by atoms with E-state index in [0.717, 1.165) is 0 Å². The normalized spacial score (nSPS) is 9.86. The third-order valence-corrected chi connectivity index (χ3v) is 2.88. The van der Waals surface area contributed by atoms with E-state index in [1.165, 1.54) is 7.11 Å². The van der Waals surface area contributed by atoms with Crippen LogP contribution in [-0.4, -0.2) is 43.1 Å². The molecule has 0 saturated heterocycles. The fraction of sp³-hybridized carbons (Fsp3) is 0.400. The van der Waals surface area contributed by atoms with Crippen LogP contribution in [0.4, 0.5) is 0 Å². The number of rotatable bonds is 9. The summed E-state index contributed by atoms with van der Waals surface area (Å²) in [5.41, 5.74) is 0.411. The van der Waals surface area contributed by atoms with Crippen LogP contribution in [0.2, 0.25) is 0 Å². The molecule has 7 nitrogen and oxygen atoms in total. The summed E-state index contributed by atoms with van der Waals surface area (Å²) < 4.78 is 5.02. The summed E-state index contributed by atoms with van der Waals surface area (Å²) in [6, 6.07) is 6.62. The third kappa shape index (κ3) is 6.74. The first-order valence-electron chi connectivity index (χ1n) is 6.93. The molecule has 0 unspecified atom stereocenters. The van der Waals surface area contributed by atoms with E-state index in [-0.39, 0.29) is 24.8 Å². The number of benzene rings is 1. The molecule has 0 atom stereocenters. The molecule has 0 bridgehead atoms. The van der Waals surface area contributed by atoms with Crippen LogP contribution in [0, 0.1) is 0 Å². The monoisotopic (exact) mass is 308 g/mol. The summed E-state index contributed by atoms with van der Waals surface area (Å²) in [5, 5.41) is 13.6. The number of ether oxygens (including phenoxy) is 1. The minimum Gasteiger partial charge on any atom is -0.497 e. The molecule has 0 fully saturated rings. The van der Waals surface area contributed by atoms with Crippen molar-refractivity contribution in [1.82, 2.24) is 10.6 Å². The predicted molar refractivity (Wildman–Crippen MR) is 79.8 cm³/mol. The Bertz CT molecular complexity index is 530. The van der Waals surface area contributed by atoms with Gasteiger partial charge in [0.1, 0.15) is 5.75 Å². The molecule has 0 radical (unpaired) electrons. The molecule has 0 aliphatic rings. The Labute approximate surface area is 128 Å². The number of carboxylic acid groups (broad SMARTS) is 1. The highest BCUT2D eigenvalue weighted by Gasteiger charge is 2.08. The maximum atomic E-state index is 11.9. The predicted octanol–water partition coefficient (Wildman–Crippen LogP) is 0.796. The summed E-state index contributed by atoms with van der Waals surface area (Å²) in [6.07, 6.45) is 1.18. The van der Waals surface area contributed by atoms with Gasteiger partial charge in [0.2, 0.25) is 5.91 Å². The number of amides is 2. The van der Waals surface area contributed by atoms with Gasteiger partial charge in [0.25, 0.3) is 5.91 Å². The number of aliphatic carboxylic acids is 1. The van der Waals surface area contributed by atoms with Crippen molar-refractivity contribution >= 4 is 17.8 Å². The molecule has 0 spiro atoms. The number of carbonyl (C=O) groups excluding carboxylic acids is 2. The Kier molecular flexibility index (Phi) is 7.45. The summed E-state index contributed by atoms with van der Waals surface area (Å²) in [6.45, 7) is 0.260. The van der Waals surface area contributed by atoms with Gasteiger partial charge in [-0.15, -0.1) is 0 Å². The van der Waals surface area contributed by atoms with Gasteiger partial charge < -0.3 is 20.5 Å². The molecule has 1 aromatic carbocycles. The molecular formula is C15H20N2O5. The first-order chi connectivity index (χ1) is 10.5. The molecule has 120 valence electrons. The summed E-state index contributed by atoms with van der Waals surface area (Å²) in [5.74, 6) is -0.959. The topological polar surface area (TPSA) is 105 Å². The second-order valence-electron chi connectivity index (χ2n) is 4.62. The SMILES string of the molecule is COc1cccc(C(=O)NCC(=O)NCCCCC(=O)O)c1. The van der Waals surface area contributed by atoms with E-state index in [4.69, 9.17) is 9.84 Å². The van der Waals surface area contributed by atoms with Crippen LogP contribution >= 0.6 is 0 Å². The van der Waals surface area contributed by atoms with E-state index in [1.54, 1.807) is 24.3 Å². The van der Waals surface area contributed by atoms with Crippen LogP contribution < -0.4 is 15.4 Å². The Morgan fingerprint density at radius 2 is 1.95 bits per heavy atom. The largest absolute Gasteiger partial charge is 0.497 e. The van der Waals surface area contributed by atoms with E-state index in [0.29, 0.717) is 30.7 Å². The standard InChI is InChI=1S/C15H20N2O5/c1-22-12-6-4-5-11(9-12)15(21)17-10-13(18)16-8-3-2-7-14(19)20/h4-6,9H,2-3,7-8,10H2,1H3,(H,16,18)(H,17,21)(H,19,20). The lowest BCUT2D eigenvalue weighted by Gasteiger charge is -2.07. The maximum Gasteiger partial charge on any atom is 0.303 e. The van der Waals surface area contributed by atoms with E-state index in [9.17, 15) is 14.4 Å². The van der Waals surface area contributed by atoms with Crippen molar-refractivity contribution in [2.75, 3.05) is 20.2 Å². The summed E-state index contributed by atoms with van der Waals surface area (Å²) in [4.78, 5) is 33.7. The van der Waals surface area contributed by atoms with Gasteiger partial charge in [-0.2, -0.15) is 0 Å². The average Bonchev–Trinajstić information content (AvgIpc) is 2.52. The van der Waals surface area contributed by atoms with Crippen LogP contribution in [0.15, 0.2) is 24.3 Å². The maximum absolute atomic E-state index is 11.9.